The first-order valence-electron chi connectivity index (χ1n) is 8.13. The van der Waals surface area contributed by atoms with Crippen LogP contribution in [0.2, 0.25) is 0 Å². The van der Waals surface area contributed by atoms with Crippen molar-refractivity contribution in [2.24, 2.45) is 0 Å². The fourth-order valence-corrected chi connectivity index (χ4v) is 3.06. The Morgan fingerprint density at radius 2 is 1.83 bits per heavy atom. The molecule has 5 heteroatoms. The maximum atomic E-state index is 5.56. The number of nitrogens with one attached hydrogen (secondary N) is 2. The Hall–Kier alpha value is -2.14. The van der Waals surface area contributed by atoms with Crippen LogP contribution in [0.1, 0.15) is 12.5 Å². The first-order valence-corrected chi connectivity index (χ1v) is 8.53. The molecular weight excluding hydrogens is 304 g/mol. The zero-order valence-electron chi connectivity index (χ0n) is 13.5. The van der Waals surface area contributed by atoms with Gasteiger partial charge in [-0.25, -0.2) is 4.98 Å². The van der Waals surface area contributed by atoms with Crippen LogP contribution in [0, 0.1) is 0 Å². The maximum absolute atomic E-state index is 5.56. The summed E-state index contributed by atoms with van der Waals surface area (Å²) in [4.78, 5) is 7.89. The molecule has 0 spiro atoms. The minimum atomic E-state index is 0.811. The summed E-state index contributed by atoms with van der Waals surface area (Å²) in [7, 11) is 0. The van der Waals surface area contributed by atoms with E-state index >= 15 is 0 Å². The number of rotatable bonds is 3. The van der Waals surface area contributed by atoms with Gasteiger partial charge < -0.3 is 10.2 Å². The molecule has 2 heterocycles. The molecule has 0 unspecified atom stereocenters. The highest BCUT2D eigenvalue weighted by molar-refractivity contribution is 7.80. The molecular formula is C18H23N4S+. The molecule has 0 radical (unpaired) electrons. The Bertz CT molecular complexity index is 634. The number of piperazine rings is 1. The second kappa shape index (κ2) is 7.42. The highest BCUT2D eigenvalue weighted by atomic mass is 32.1. The van der Waals surface area contributed by atoms with E-state index in [1.54, 1.807) is 0 Å². The Morgan fingerprint density at radius 1 is 1.09 bits per heavy atom. The molecule has 0 saturated carbocycles. The van der Waals surface area contributed by atoms with Gasteiger partial charge in [-0.3, -0.25) is 4.90 Å². The molecule has 2 N–H and O–H groups in total. The van der Waals surface area contributed by atoms with Crippen LogP contribution in [0.5, 0.6) is 0 Å². The van der Waals surface area contributed by atoms with Gasteiger partial charge in [0.25, 0.3) is 5.82 Å². The van der Waals surface area contributed by atoms with Crippen LogP contribution in [-0.2, 0) is 6.42 Å². The summed E-state index contributed by atoms with van der Waals surface area (Å²) in [6, 6.07) is 14.7. The molecule has 1 saturated heterocycles. The van der Waals surface area contributed by atoms with Gasteiger partial charge in [0.15, 0.2) is 5.11 Å². The smallest absolute Gasteiger partial charge is 0.274 e. The standard InChI is InChI=1S/C18H22N4S/c1-2-15-6-8-16(9-7-15)20-18(23)22-13-11-21(12-14-22)17-5-3-4-10-19-17/h3-10H,2,11-14H2,1H3,(H,20,23)/p+1. The number of aromatic nitrogens is 1. The van der Waals surface area contributed by atoms with E-state index < -0.39 is 0 Å². The highest BCUT2D eigenvalue weighted by Gasteiger charge is 2.24. The molecule has 120 valence electrons. The monoisotopic (exact) mass is 327 g/mol. The summed E-state index contributed by atoms with van der Waals surface area (Å²) >= 11 is 5.56. The summed E-state index contributed by atoms with van der Waals surface area (Å²) in [6.07, 6.45) is 3.02. The zero-order valence-corrected chi connectivity index (χ0v) is 14.3. The van der Waals surface area contributed by atoms with Crippen LogP contribution in [0.25, 0.3) is 0 Å². The number of nitrogens with zero attached hydrogens (tertiary/aromatic N) is 2. The van der Waals surface area contributed by atoms with Gasteiger partial charge in [-0.2, -0.15) is 0 Å². The summed E-state index contributed by atoms with van der Waals surface area (Å²) in [5, 5.41) is 4.16. The fraction of sp³-hybridized carbons (Fsp3) is 0.333. The number of benzene rings is 1. The number of aryl methyl sites for hydroxylation is 1. The van der Waals surface area contributed by atoms with Gasteiger partial charge in [0, 0.05) is 11.8 Å². The molecule has 0 atom stereocenters. The topological polar surface area (TPSA) is 32.6 Å². The Morgan fingerprint density at radius 3 is 2.43 bits per heavy atom. The number of hydrogen-bond donors (Lipinski definition) is 1. The number of aromatic amines is 1. The number of pyridine rings is 1. The second-order valence-electron chi connectivity index (χ2n) is 5.70. The quantitative estimate of drug-likeness (QED) is 0.879. The van der Waals surface area contributed by atoms with Crippen molar-refractivity contribution >= 4 is 28.8 Å². The predicted octanol–water partition coefficient (Wildman–Crippen LogP) is 2.58. The van der Waals surface area contributed by atoms with Crippen molar-refractivity contribution < 1.29 is 4.98 Å². The van der Waals surface area contributed by atoms with E-state index in [-0.39, 0.29) is 0 Å². The molecule has 1 aliphatic heterocycles. The van der Waals surface area contributed by atoms with Crippen LogP contribution in [0.3, 0.4) is 0 Å². The van der Waals surface area contributed by atoms with E-state index in [4.69, 9.17) is 12.2 Å². The molecule has 1 fully saturated rings. The first-order chi connectivity index (χ1) is 11.3. The third-order valence-corrected chi connectivity index (χ3v) is 4.57. The average Bonchev–Trinajstić information content (AvgIpc) is 2.63. The number of anilines is 2. The fourth-order valence-electron chi connectivity index (χ4n) is 2.76. The molecule has 23 heavy (non-hydrogen) atoms. The molecule has 1 aromatic carbocycles. The van der Waals surface area contributed by atoms with Gasteiger partial charge in [-0.15, -0.1) is 0 Å². The Kier molecular flexibility index (Phi) is 5.08. The van der Waals surface area contributed by atoms with Crippen molar-refractivity contribution in [1.82, 2.24) is 4.90 Å². The Labute approximate surface area is 143 Å². The second-order valence-corrected chi connectivity index (χ2v) is 6.09. The van der Waals surface area contributed by atoms with Gasteiger partial charge >= 0.3 is 0 Å². The van der Waals surface area contributed by atoms with Crippen LogP contribution in [-0.4, -0.2) is 36.2 Å². The van der Waals surface area contributed by atoms with Crippen molar-refractivity contribution in [1.29, 1.82) is 0 Å². The lowest BCUT2D eigenvalue weighted by atomic mass is 10.1. The van der Waals surface area contributed by atoms with Crippen molar-refractivity contribution in [3.05, 3.63) is 54.2 Å². The minimum absolute atomic E-state index is 0.811. The van der Waals surface area contributed by atoms with Gasteiger partial charge in [-0.1, -0.05) is 25.1 Å². The number of H-pyrrole nitrogens is 1. The molecule has 0 bridgehead atoms. The zero-order chi connectivity index (χ0) is 16.1. The van der Waals surface area contributed by atoms with E-state index in [9.17, 15) is 0 Å². The summed E-state index contributed by atoms with van der Waals surface area (Å²) in [6.45, 7) is 5.97. The third-order valence-electron chi connectivity index (χ3n) is 4.21. The predicted molar refractivity (Wildman–Crippen MR) is 98.8 cm³/mol. The Balaban J connectivity index is 1.53. The van der Waals surface area contributed by atoms with E-state index in [2.05, 4.69) is 63.4 Å². The van der Waals surface area contributed by atoms with Crippen LogP contribution < -0.4 is 15.2 Å². The average molecular weight is 327 g/mol. The first kappa shape index (κ1) is 15.7. The van der Waals surface area contributed by atoms with E-state index in [0.29, 0.717) is 0 Å². The third kappa shape index (κ3) is 3.99. The van der Waals surface area contributed by atoms with Crippen LogP contribution >= 0.6 is 12.2 Å². The summed E-state index contributed by atoms with van der Waals surface area (Å²) in [5.74, 6) is 1.17. The van der Waals surface area contributed by atoms with Crippen LogP contribution in [0.15, 0.2) is 48.7 Å². The molecule has 3 rings (SSSR count). The molecule has 4 nitrogen and oxygen atoms in total. The highest BCUT2D eigenvalue weighted by Crippen LogP contribution is 2.13. The maximum Gasteiger partial charge on any atom is 0.274 e. The molecule has 0 amide bonds. The molecule has 0 aliphatic carbocycles. The molecule has 1 aromatic heterocycles. The normalized spacial score (nSPS) is 14.7. The largest absolute Gasteiger partial charge is 0.341 e. The van der Waals surface area contributed by atoms with Gasteiger partial charge in [0.05, 0.1) is 19.3 Å². The lowest BCUT2D eigenvalue weighted by Gasteiger charge is -2.32. The van der Waals surface area contributed by atoms with E-state index in [1.165, 1.54) is 11.4 Å². The van der Waals surface area contributed by atoms with E-state index in [0.717, 1.165) is 43.4 Å². The SMILES string of the molecule is CCc1ccc(NC(=S)N2CCN(c3cccc[nH+]3)CC2)cc1. The van der Waals surface area contributed by atoms with Crippen molar-refractivity contribution in [2.45, 2.75) is 13.3 Å². The minimum Gasteiger partial charge on any atom is -0.341 e. The lowest BCUT2D eigenvalue weighted by Crippen LogP contribution is -2.51. The van der Waals surface area contributed by atoms with Crippen molar-refractivity contribution in [3.8, 4) is 0 Å². The van der Waals surface area contributed by atoms with Crippen LogP contribution in [0.4, 0.5) is 11.5 Å². The number of hydrogen-bond acceptors (Lipinski definition) is 2. The summed E-state index contributed by atoms with van der Waals surface area (Å²) < 4.78 is 0. The van der Waals surface area contributed by atoms with Gasteiger partial charge in [-0.05, 0) is 42.4 Å². The molecule has 2 aromatic rings. The van der Waals surface area contributed by atoms with E-state index in [1.807, 2.05) is 12.3 Å². The van der Waals surface area contributed by atoms with Gasteiger partial charge in [0.2, 0.25) is 0 Å². The number of thiocarbonyl (C=S) groups is 1. The summed E-state index contributed by atoms with van der Waals surface area (Å²) in [5.41, 5.74) is 2.40. The van der Waals surface area contributed by atoms with Crippen molar-refractivity contribution in [2.75, 3.05) is 36.4 Å². The molecule has 1 aliphatic rings. The lowest BCUT2D eigenvalue weighted by molar-refractivity contribution is -0.364. The van der Waals surface area contributed by atoms with Gasteiger partial charge in [0.1, 0.15) is 13.1 Å². The van der Waals surface area contributed by atoms with Crippen molar-refractivity contribution in [3.63, 3.8) is 0 Å².